The van der Waals surface area contributed by atoms with Crippen LogP contribution in [0.2, 0.25) is 0 Å². The van der Waals surface area contributed by atoms with Crippen molar-refractivity contribution >= 4 is 17.4 Å². The van der Waals surface area contributed by atoms with E-state index in [9.17, 15) is 14.0 Å². The van der Waals surface area contributed by atoms with E-state index < -0.39 is 23.1 Å². The predicted molar refractivity (Wildman–Crippen MR) is 148 cm³/mol. The molecular formula is C29H27F2N7O3. The van der Waals surface area contributed by atoms with Crippen LogP contribution in [0.4, 0.5) is 20.3 Å². The fraction of sp³-hybridized carbons (Fsp3) is 0.241. The van der Waals surface area contributed by atoms with E-state index in [4.69, 9.17) is 4.74 Å². The zero-order chi connectivity index (χ0) is 28.5. The van der Waals surface area contributed by atoms with Gasteiger partial charge in [0.15, 0.2) is 11.6 Å². The molecule has 10 nitrogen and oxygen atoms in total. The average Bonchev–Trinajstić information content (AvgIpc) is 3.41. The third kappa shape index (κ3) is 5.39. The number of carbonyl (C=O) groups is 1. The molecule has 1 amide bonds. The number of halogens is 2. The normalized spacial score (nSPS) is 17.1. The molecule has 0 spiro atoms. The number of hydrogen-bond acceptors (Lipinski definition) is 8. The van der Waals surface area contributed by atoms with Gasteiger partial charge in [-0.25, -0.2) is 19.2 Å². The molecule has 6 rings (SSSR count). The van der Waals surface area contributed by atoms with Crippen molar-refractivity contribution in [1.82, 2.24) is 25.1 Å². The second-order valence-electron chi connectivity index (χ2n) is 10.1. The van der Waals surface area contributed by atoms with Crippen LogP contribution < -0.4 is 26.5 Å². The lowest BCUT2D eigenvalue weighted by Crippen LogP contribution is -2.36. The molecule has 2 aromatic carbocycles. The van der Waals surface area contributed by atoms with Gasteiger partial charge in [0.05, 0.1) is 17.3 Å². The van der Waals surface area contributed by atoms with E-state index in [-0.39, 0.29) is 23.0 Å². The molecule has 1 atom stereocenters. The van der Waals surface area contributed by atoms with Crippen molar-refractivity contribution in [3.8, 4) is 17.2 Å². The van der Waals surface area contributed by atoms with Crippen LogP contribution in [-0.4, -0.2) is 45.7 Å². The van der Waals surface area contributed by atoms with Crippen molar-refractivity contribution in [2.75, 3.05) is 30.9 Å². The Morgan fingerprint density at radius 3 is 2.56 bits per heavy atom. The van der Waals surface area contributed by atoms with Gasteiger partial charge >= 0.3 is 0 Å². The summed E-state index contributed by atoms with van der Waals surface area (Å²) in [5.41, 5.74) is 6.81. The zero-order valence-electron chi connectivity index (χ0n) is 22.1. The van der Waals surface area contributed by atoms with Gasteiger partial charge in [0.2, 0.25) is 0 Å². The van der Waals surface area contributed by atoms with Crippen molar-refractivity contribution < 1.29 is 18.3 Å². The summed E-state index contributed by atoms with van der Waals surface area (Å²) < 4.78 is 35.5. The van der Waals surface area contributed by atoms with E-state index in [1.807, 2.05) is 0 Å². The van der Waals surface area contributed by atoms with Gasteiger partial charge in [0.1, 0.15) is 22.9 Å². The molecular weight excluding hydrogens is 532 g/mol. The maximum Gasteiger partial charge on any atom is 0.284 e. The molecule has 41 heavy (non-hydrogen) atoms. The van der Waals surface area contributed by atoms with E-state index in [1.54, 1.807) is 12.3 Å². The summed E-state index contributed by atoms with van der Waals surface area (Å²) in [5.74, 6) is -0.413. The van der Waals surface area contributed by atoms with Gasteiger partial charge in [-0.05, 0) is 87.4 Å². The molecule has 0 unspecified atom stereocenters. The van der Waals surface area contributed by atoms with Crippen LogP contribution in [0.3, 0.4) is 0 Å². The molecule has 2 aromatic heterocycles. The van der Waals surface area contributed by atoms with Crippen molar-refractivity contribution in [3.05, 3.63) is 100 Å². The molecule has 12 heteroatoms. The van der Waals surface area contributed by atoms with Gasteiger partial charge in [-0.2, -0.15) is 9.78 Å². The third-order valence-electron chi connectivity index (χ3n) is 7.41. The van der Waals surface area contributed by atoms with E-state index in [0.717, 1.165) is 42.2 Å². The SMILES string of the molecule is CN1CCC([C@@H]2NNc3nccc(Oc4ccc(NC(=O)c5ccnn(-c6ccc(F)cc6)c5=O)cc4F)c32)CC1. The minimum absolute atomic E-state index is 0.0204. The number of anilines is 2. The number of hydrazine groups is 1. The Hall–Kier alpha value is -4.68. The number of likely N-dealkylation sites (tertiary alicyclic amines) is 1. The summed E-state index contributed by atoms with van der Waals surface area (Å²) in [6, 6.07) is 12.1. The van der Waals surface area contributed by atoms with Gasteiger partial charge in [0.25, 0.3) is 11.5 Å². The molecule has 210 valence electrons. The summed E-state index contributed by atoms with van der Waals surface area (Å²) in [7, 11) is 2.11. The number of aromatic nitrogens is 3. The summed E-state index contributed by atoms with van der Waals surface area (Å²) in [6.45, 7) is 1.99. The number of nitrogens with one attached hydrogen (secondary N) is 3. The minimum atomic E-state index is -0.744. The van der Waals surface area contributed by atoms with Gasteiger partial charge in [-0.15, -0.1) is 0 Å². The molecule has 1 saturated heterocycles. The number of benzene rings is 2. The number of fused-ring (bicyclic) bond motifs is 1. The van der Waals surface area contributed by atoms with Gasteiger partial charge < -0.3 is 20.4 Å². The highest BCUT2D eigenvalue weighted by Crippen LogP contribution is 2.43. The Balaban J connectivity index is 1.19. The maximum atomic E-state index is 15.2. The van der Waals surface area contributed by atoms with Crippen LogP contribution in [0.15, 0.2) is 71.8 Å². The molecule has 0 radical (unpaired) electrons. The smallest absolute Gasteiger partial charge is 0.284 e. The third-order valence-corrected chi connectivity index (χ3v) is 7.41. The summed E-state index contributed by atoms with van der Waals surface area (Å²) in [4.78, 5) is 32.5. The lowest BCUT2D eigenvalue weighted by Gasteiger charge is -2.32. The highest BCUT2D eigenvalue weighted by molar-refractivity contribution is 6.04. The van der Waals surface area contributed by atoms with Gasteiger partial charge in [-0.1, -0.05) is 0 Å². The molecule has 3 N–H and O–H groups in total. The molecule has 2 aliphatic heterocycles. The highest BCUT2D eigenvalue weighted by Gasteiger charge is 2.35. The largest absolute Gasteiger partial charge is 0.454 e. The van der Waals surface area contributed by atoms with E-state index in [2.05, 4.69) is 38.2 Å². The van der Waals surface area contributed by atoms with Crippen molar-refractivity contribution in [3.63, 3.8) is 0 Å². The van der Waals surface area contributed by atoms with E-state index >= 15 is 4.39 Å². The molecule has 4 aromatic rings. The molecule has 4 heterocycles. The van der Waals surface area contributed by atoms with Crippen LogP contribution in [0, 0.1) is 17.6 Å². The lowest BCUT2D eigenvalue weighted by atomic mass is 9.86. The zero-order valence-corrected chi connectivity index (χ0v) is 22.1. The number of ether oxygens (including phenoxy) is 1. The lowest BCUT2D eigenvalue weighted by molar-refractivity contribution is 0.102. The van der Waals surface area contributed by atoms with Crippen LogP contribution >= 0.6 is 0 Å². The van der Waals surface area contributed by atoms with Gasteiger partial charge in [-0.3, -0.25) is 9.59 Å². The number of hydrogen-bond donors (Lipinski definition) is 3. The Morgan fingerprint density at radius 1 is 1.02 bits per heavy atom. The second-order valence-corrected chi connectivity index (χ2v) is 10.1. The molecule has 2 aliphatic rings. The average molecular weight is 560 g/mol. The first-order valence-corrected chi connectivity index (χ1v) is 13.2. The monoisotopic (exact) mass is 559 g/mol. The molecule has 0 aliphatic carbocycles. The first-order chi connectivity index (χ1) is 19.9. The fourth-order valence-electron chi connectivity index (χ4n) is 5.21. The Morgan fingerprint density at radius 2 is 1.80 bits per heavy atom. The number of carbonyl (C=O) groups excluding carboxylic acids is 1. The number of pyridine rings is 1. The number of nitrogens with zero attached hydrogens (tertiary/aromatic N) is 4. The standard InChI is InChI=1S/C29H27F2N7O3/c1-37-14-10-17(11-15-37)26-25-24(9-12-32-27(25)36-35-26)41-23-7-4-19(16-22(23)31)34-28(39)21-8-13-33-38(29(21)40)20-5-2-18(30)3-6-20/h2-9,12-13,16-17,26,35H,10-11,14-15H2,1H3,(H,32,36)(H,34,39)/t26-/m0/s1. The number of rotatable bonds is 6. The maximum absolute atomic E-state index is 15.2. The summed E-state index contributed by atoms with van der Waals surface area (Å²) in [6.07, 6.45) is 4.91. The van der Waals surface area contributed by atoms with E-state index in [1.165, 1.54) is 48.7 Å². The van der Waals surface area contributed by atoms with Crippen molar-refractivity contribution in [2.24, 2.45) is 5.92 Å². The quantitative estimate of drug-likeness (QED) is 0.321. The highest BCUT2D eigenvalue weighted by atomic mass is 19.1. The summed E-state index contributed by atoms with van der Waals surface area (Å²) >= 11 is 0. The summed E-state index contributed by atoms with van der Waals surface area (Å²) in [5, 5.41) is 6.51. The first kappa shape index (κ1) is 26.5. The molecule has 0 bridgehead atoms. The van der Waals surface area contributed by atoms with Crippen LogP contribution in [0.25, 0.3) is 5.69 Å². The van der Waals surface area contributed by atoms with Gasteiger partial charge in [0, 0.05) is 24.1 Å². The van der Waals surface area contributed by atoms with E-state index in [0.29, 0.717) is 23.2 Å². The number of piperidine rings is 1. The molecule has 1 fully saturated rings. The van der Waals surface area contributed by atoms with Crippen LogP contribution in [0.5, 0.6) is 11.5 Å². The first-order valence-electron chi connectivity index (χ1n) is 13.2. The van der Waals surface area contributed by atoms with Crippen molar-refractivity contribution in [1.29, 1.82) is 0 Å². The Bertz CT molecular complexity index is 1650. The van der Waals surface area contributed by atoms with Crippen molar-refractivity contribution in [2.45, 2.75) is 18.9 Å². The van der Waals surface area contributed by atoms with Crippen LogP contribution in [-0.2, 0) is 0 Å². The number of amides is 1. The topological polar surface area (TPSA) is 113 Å². The fourth-order valence-corrected chi connectivity index (χ4v) is 5.21. The minimum Gasteiger partial charge on any atom is -0.454 e. The molecule has 0 saturated carbocycles. The Labute approximate surface area is 233 Å². The predicted octanol–water partition coefficient (Wildman–Crippen LogP) is 4.26. The van der Waals surface area contributed by atoms with Crippen LogP contribution in [0.1, 0.15) is 34.8 Å². The second kappa shape index (κ2) is 11.1. The Kier molecular flexibility index (Phi) is 7.16.